The molecule has 7 nitrogen and oxygen atoms in total. The Labute approximate surface area is 110 Å². The summed E-state index contributed by atoms with van der Waals surface area (Å²) in [5.41, 5.74) is 0. The average Bonchev–Trinajstić information content (AvgIpc) is 2.28. The number of nitrogens with one attached hydrogen (secondary N) is 1. The minimum Gasteiger partial charge on any atom is -0.481 e. The van der Waals surface area contributed by atoms with Gasteiger partial charge < -0.3 is 5.11 Å². The maximum atomic E-state index is 11.7. The van der Waals surface area contributed by atoms with Crippen molar-refractivity contribution in [3.63, 3.8) is 0 Å². The monoisotopic (exact) mass is 293 g/mol. The van der Waals surface area contributed by atoms with Gasteiger partial charge >= 0.3 is 16.2 Å². The van der Waals surface area contributed by atoms with E-state index in [-0.39, 0.29) is 18.8 Å². The lowest BCUT2D eigenvalue weighted by atomic mass is 10.4. The molecule has 1 aromatic heterocycles. The van der Waals surface area contributed by atoms with Gasteiger partial charge in [0.15, 0.2) is 0 Å². The number of carbonyl (C=O) groups is 1. The molecule has 0 atom stereocenters. The molecule has 0 bridgehead atoms. The summed E-state index contributed by atoms with van der Waals surface area (Å²) in [5, 5.41) is 8.87. The van der Waals surface area contributed by atoms with Gasteiger partial charge in [-0.15, -0.1) is 0 Å². The molecule has 0 fully saturated rings. The summed E-state index contributed by atoms with van der Waals surface area (Å²) in [4.78, 5) is 14.1. The third-order valence-corrected chi connectivity index (χ3v) is 3.71. The van der Waals surface area contributed by atoms with E-state index in [1.807, 2.05) is 0 Å². The highest BCUT2D eigenvalue weighted by molar-refractivity contribution is 7.90. The van der Waals surface area contributed by atoms with Crippen LogP contribution in [0.4, 0.5) is 5.82 Å². The van der Waals surface area contributed by atoms with Gasteiger partial charge in [-0.1, -0.05) is 11.6 Å². The van der Waals surface area contributed by atoms with E-state index >= 15 is 0 Å². The first kappa shape index (κ1) is 14.7. The van der Waals surface area contributed by atoms with Gasteiger partial charge in [-0.3, -0.25) is 9.52 Å². The molecular weight excluding hydrogens is 282 g/mol. The van der Waals surface area contributed by atoms with E-state index in [1.54, 1.807) is 0 Å². The highest BCUT2D eigenvalue weighted by Crippen LogP contribution is 2.12. The van der Waals surface area contributed by atoms with Crippen molar-refractivity contribution in [2.45, 2.75) is 6.42 Å². The van der Waals surface area contributed by atoms with E-state index in [1.165, 1.54) is 25.4 Å². The van der Waals surface area contributed by atoms with Gasteiger partial charge in [0.05, 0.1) is 11.4 Å². The Kier molecular flexibility index (Phi) is 4.88. The van der Waals surface area contributed by atoms with Crippen molar-refractivity contribution in [1.82, 2.24) is 9.29 Å². The molecule has 0 aliphatic heterocycles. The molecule has 1 rings (SSSR count). The van der Waals surface area contributed by atoms with E-state index in [0.29, 0.717) is 5.02 Å². The lowest BCUT2D eigenvalue weighted by molar-refractivity contribution is -0.137. The van der Waals surface area contributed by atoms with E-state index in [0.717, 1.165) is 4.31 Å². The van der Waals surface area contributed by atoms with E-state index in [9.17, 15) is 13.2 Å². The third-order valence-electron chi connectivity index (χ3n) is 2.01. The van der Waals surface area contributed by atoms with Gasteiger partial charge in [0.1, 0.15) is 5.82 Å². The fraction of sp³-hybridized carbons (Fsp3) is 0.333. The Morgan fingerprint density at radius 3 is 2.72 bits per heavy atom. The van der Waals surface area contributed by atoms with Crippen molar-refractivity contribution in [3.05, 3.63) is 23.4 Å². The second-order valence-electron chi connectivity index (χ2n) is 3.43. The normalized spacial score (nSPS) is 11.5. The Morgan fingerprint density at radius 1 is 1.56 bits per heavy atom. The van der Waals surface area contributed by atoms with Gasteiger partial charge in [-0.25, -0.2) is 4.98 Å². The Balaban J connectivity index is 2.69. The molecule has 9 heteroatoms. The van der Waals surface area contributed by atoms with Crippen LogP contribution in [0.2, 0.25) is 5.02 Å². The molecule has 0 radical (unpaired) electrons. The predicted molar refractivity (Wildman–Crippen MR) is 66.7 cm³/mol. The van der Waals surface area contributed by atoms with Crippen molar-refractivity contribution in [2.24, 2.45) is 0 Å². The van der Waals surface area contributed by atoms with Crippen molar-refractivity contribution >= 4 is 33.6 Å². The van der Waals surface area contributed by atoms with E-state index in [2.05, 4.69) is 9.71 Å². The SMILES string of the molecule is CN(CCC(=O)O)S(=O)(=O)Nc1ccc(Cl)cn1. The molecule has 1 heterocycles. The largest absolute Gasteiger partial charge is 0.481 e. The molecule has 2 N–H and O–H groups in total. The number of hydrogen-bond acceptors (Lipinski definition) is 4. The van der Waals surface area contributed by atoms with Crippen LogP contribution in [0, 0.1) is 0 Å². The quantitative estimate of drug-likeness (QED) is 0.808. The maximum Gasteiger partial charge on any atom is 0.304 e. The van der Waals surface area contributed by atoms with Crippen LogP contribution in [0.3, 0.4) is 0 Å². The van der Waals surface area contributed by atoms with Crippen LogP contribution >= 0.6 is 11.6 Å². The minimum absolute atomic E-state index is 0.113. The van der Waals surface area contributed by atoms with Crippen molar-refractivity contribution in [3.8, 4) is 0 Å². The summed E-state index contributed by atoms with van der Waals surface area (Å²) in [7, 11) is -2.53. The molecule has 0 aliphatic rings. The molecule has 0 saturated carbocycles. The summed E-state index contributed by atoms with van der Waals surface area (Å²) in [6.07, 6.45) is 1.03. The summed E-state index contributed by atoms with van der Waals surface area (Å²) < 4.78 is 26.6. The first-order valence-corrected chi connectivity index (χ1v) is 6.70. The molecule has 0 saturated heterocycles. The number of carboxylic acids is 1. The predicted octanol–water partition coefficient (Wildman–Crippen LogP) is 0.798. The van der Waals surface area contributed by atoms with E-state index < -0.39 is 16.2 Å². The number of halogens is 1. The number of pyridine rings is 1. The zero-order valence-corrected chi connectivity index (χ0v) is 11.1. The number of rotatable bonds is 6. The molecule has 1 aromatic rings. The number of aliphatic carboxylic acids is 1. The summed E-state index contributed by atoms with van der Waals surface area (Å²) in [6.45, 7) is -0.127. The second kappa shape index (κ2) is 5.98. The number of carboxylic acid groups (broad SMARTS) is 1. The number of nitrogens with zero attached hydrogens (tertiary/aromatic N) is 2. The summed E-state index contributed by atoms with van der Waals surface area (Å²) in [5.74, 6) is -0.955. The molecule has 0 aromatic carbocycles. The Morgan fingerprint density at radius 2 is 2.22 bits per heavy atom. The Hall–Kier alpha value is -1.38. The van der Waals surface area contributed by atoms with Crippen LogP contribution in [0.15, 0.2) is 18.3 Å². The van der Waals surface area contributed by atoms with Gasteiger partial charge in [-0.2, -0.15) is 12.7 Å². The van der Waals surface area contributed by atoms with Crippen molar-refractivity contribution in [2.75, 3.05) is 18.3 Å². The molecule has 0 amide bonds. The van der Waals surface area contributed by atoms with Gasteiger partial charge in [0, 0.05) is 19.8 Å². The molecular formula is C9H12ClN3O4S. The van der Waals surface area contributed by atoms with Crippen LogP contribution < -0.4 is 4.72 Å². The topological polar surface area (TPSA) is 99.6 Å². The van der Waals surface area contributed by atoms with Crippen LogP contribution in [0.25, 0.3) is 0 Å². The average molecular weight is 294 g/mol. The van der Waals surface area contributed by atoms with Gasteiger partial charge in [0.25, 0.3) is 0 Å². The number of aromatic nitrogens is 1. The smallest absolute Gasteiger partial charge is 0.304 e. The Bertz CT molecular complexity index is 517. The summed E-state index contributed by atoms with van der Waals surface area (Å²) in [6, 6.07) is 2.90. The van der Waals surface area contributed by atoms with Crippen LogP contribution in [-0.2, 0) is 15.0 Å². The van der Waals surface area contributed by atoms with Crippen molar-refractivity contribution < 1.29 is 18.3 Å². The fourth-order valence-electron chi connectivity index (χ4n) is 1.02. The van der Waals surface area contributed by atoms with Crippen LogP contribution in [0.1, 0.15) is 6.42 Å². The molecule has 18 heavy (non-hydrogen) atoms. The first-order chi connectivity index (χ1) is 8.31. The standard InChI is InChI=1S/C9H12ClN3O4S/c1-13(5-4-9(14)15)18(16,17)12-8-3-2-7(10)6-11-8/h2-3,6H,4-5H2,1H3,(H,11,12)(H,14,15). The highest BCUT2D eigenvalue weighted by atomic mass is 35.5. The number of hydrogen-bond donors (Lipinski definition) is 2. The molecule has 100 valence electrons. The zero-order chi connectivity index (χ0) is 13.8. The van der Waals surface area contributed by atoms with Crippen LogP contribution in [0.5, 0.6) is 0 Å². The fourth-order valence-corrected chi connectivity index (χ4v) is 2.00. The van der Waals surface area contributed by atoms with Crippen molar-refractivity contribution in [1.29, 1.82) is 0 Å². The van der Waals surface area contributed by atoms with Gasteiger partial charge in [0.2, 0.25) is 0 Å². The lowest BCUT2D eigenvalue weighted by Gasteiger charge is -2.16. The first-order valence-electron chi connectivity index (χ1n) is 4.88. The molecule has 0 spiro atoms. The second-order valence-corrected chi connectivity index (χ2v) is 5.65. The van der Waals surface area contributed by atoms with Gasteiger partial charge in [-0.05, 0) is 12.1 Å². The minimum atomic E-state index is -3.81. The third kappa shape index (κ3) is 4.47. The van der Waals surface area contributed by atoms with E-state index in [4.69, 9.17) is 16.7 Å². The maximum absolute atomic E-state index is 11.7. The zero-order valence-electron chi connectivity index (χ0n) is 9.50. The van der Waals surface area contributed by atoms with Crippen LogP contribution in [-0.4, -0.2) is 42.4 Å². The number of anilines is 1. The highest BCUT2D eigenvalue weighted by Gasteiger charge is 2.18. The summed E-state index contributed by atoms with van der Waals surface area (Å²) >= 11 is 5.61. The molecule has 0 unspecified atom stereocenters. The molecule has 0 aliphatic carbocycles. The lowest BCUT2D eigenvalue weighted by Crippen LogP contribution is -2.34.